The SMILES string of the molecule is O=C(c1cccc(-c2noc(C(F)(F)F)n2)c1)N1CCN(Cc2ccc(Cl)cc2)CC1. The van der Waals surface area contributed by atoms with Crippen LogP contribution in [0.3, 0.4) is 0 Å². The molecule has 2 heterocycles. The zero-order valence-corrected chi connectivity index (χ0v) is 17.0. The molecule has 0 unspecified atom stereocenters. The van der Waals surface area contributed by atoms with E-state index < -0.39 is 12.1 Å². The fourth-order valence-corrected chi connectivity index (χ4v) is 3.51. The first-order chi connectivity index (χ1) is 14.8. The average molecular weight is 451 g/mol. The molecule has 1 aliphatic rings. The molecule has 1 saturated heterocycles. The van der Waals surface area contributed by atoms with Gasteiger partial charge in [0.15, 0.2) is 0 Å². The Kier molecular flexibility index (Phi) is 5.97. The van der Waals surface area contributed by atoms with Crippen LogP contribution < -0.4 is 0 Å². The van der Waals surface area contributed by atoms with E-state index in [2.05, 4.69) is 19.6 Å². The van der Waals surface area contributed by atoms with E-state index >= 15 is 0 Å². The molecule has 1 fully saturated rings. The van der Waals surface area contributed by atoms with E-state index in [-0.39, 0.29) is 17.3 Å². The standard InChI is InChI=1S/C21H18ClF3N4O2/c22-17-6-4-14(5-7-17)13-28-8-10-29(11-9-28)19(30)16-3-1-2-15(12-16)18-26-20(31-27-18)21(23,24)25/h1-7,12H,8-11,13H2. The Labute approximate surface area is 181 Å². The van der Waals surface area contributed by atoms with Crippen molar-refractivity contribution >= 4 is 17.5 Å². The topological polar surface area (TPSA) is 62.5 Å². The first kappa shape index (κ1) is 21.3. The molecular formula is C21H18ClF3N4O2. The Hall–Kier alpha value is -2.91. The Morgan fingerprint density at radius 2 is 1.77 bits per heavy atom. The summed E-state index contributed by atoms with van der Waals surface area (Å²) in [7, 11) is 0. The molecule has 1 aromatic heterocycles. The average Bonchev–Trinajstić information content (AvgIpc) is 3.27. The normalized spacial score (nSPS) is 15.3. The lowest BCUT2D eigenvalue weighted by atomic mass is 10.1. The number of aromatic nitrogens is 2. The second-order valence-corrected chi connectivity index (χ2v) is 7.63. The fourth-order valence-electron chi connectivity index (χ4n) is 3.39. The van der Waals surface area contributed by atoms with E-state index in [1.807, 2.05) is 24.3 Å². The molecule has 0 N–H and O–H groups in total. The largest absolute Gasteiger partial charge is 0.471 e. The van der Waals surface area contributed by atoms with E-state index in [0.29, 0.717) is 36.8 Å². The van der Waals surface area contributed by atoms with Crippen LogP contribution in [0.1, 0.15) is 21.8 Å². The molecule has 2 aromatic carbocycles. The number of hydrogen-bond donors (Lipinski definition) is 0. The van der Waals surface area contributed by atoms with Gasteiger partial charge in [0, 0.05) is 48.9 Å². The van der Waals surface area contributed by atoms with E-state index in [9.17, 15) is 18.0 Å². The lowest BCUT2D eigenvalue weighted by molar-refractivity contribution is -0.159. The van der Waals surface area contributed by atoms with Gasteiger partial charge in [-0.1, -0.05) is 41.0 Å². The summed E-state index contributed by atoms with van der Waals surface area (Å²) in [6.07, 6.45) is -4.72. The zero-order chi connectivity index (χ0) is 22.0. The van der Waals surface area contributed by atoms with Crippen molar-refractivity contribution in [1.82, 2.24) is 19.9 Å². The quantitative estimate of drug-likeness (QED) is 0.590. The molecular weight excluding hydrogens is 433 g/mol. The molecule has 31 heavy (non-hydrogen) atoms. The highest BCUT2D eigenvalue weighted by Crippen LogP contribution is 2.29. The van der Waals surface area contributed by atoms with Gasteiger partial charge in [0.1, 0.15) is 0 Å². The van der Waals surface area contributed by atoms with Gasteiger partial charge in [-0.2, -0.15) is 18.2 Å². The summed E-state index contributed by atoms with van der Waals surface area (Å²) < 4.78 is 42.3. The molecule has 1 aliphatic heterocycles. The van der Waals surface area contributed by atoms with Crippen LogP contribution in [0.4, 0.5) is 13.2 Å². The highest BCUT2D eigenvalue weighted by Gasteiger charge is 2.38. The van der Waals surface area contributed by atoms with Crippen LogP contribution in [0.2, 0.25) is 5.02 Å². The molecule has 0 aliphatic carbocycles. The van der Waals surface area contributed by atoms with E-state index in [0.717, 1.165) is 12.1 Å². The van der Waals surface area contributed by atoms with Crippen LogP contribution in [0.15, 0.2) is 53.1 Å². The predicted octanol–water partition coefficient (Wildman–Crippen LogP) is 4.37. The van der Waals surface area contributed by atoms with Crippen molar-refractivity contribution in [2.24, 2.45) is 0 Å². The van der Waals surface area contributed by atoms with Gasteiger partial charge >= 0.3 is 12.1 Å². The second-order valence-electron chi connectivity index (χ2n) is 7.20. The van der Waals surface area contributed by atoms with Crippen molar-refractivity contribution in [3.63, 3.8) is 0 Å². The van der Waals surface area contributed by atoms with Crippen LogP contribution in [0.25, 0.3) is 11.4 Å². The van der Waals surface area contributed by atoms with Gasteiger partial charge in [0.2, 0.25) is 5.82 Å². The first-order valence-electron chi connectivity index (χ1n) is 9.57. The molecule has 0 saturated carbocycles. The summed E-state index contributed by atoms with van der Waals surface area (Å²) in [5.74, 6) is -1.82. The molecule has 10 heteroatoms. The summed E-state index contributed by atoms with van der Waals surface area (Å²) in [6, 6.07) is 13.9. The van der Waals surface area contributed by atoms with E-state index in [4.69, 9.17) is 11.6 Å². The van der Waals surface area contributed by atoms with Crippen LogP contribution in [-0.2, 0) is 12.7 Å². The summed E-state index contributed by atoms with van der Waals surface area (Å²) in [5, 5.41) is 4.07. The van der Waals surface area contributed by atoms with Gasteiger partial charge in [-0.05, 0) is 29.8 Å². The van der Waals surface area contributed by atoms with Crippen molar-refractivity contribution in [1.29, 1.82) is 0 Å². The predicted molar refractivity (Wildman–Crippen MR) is 107 cm³/mol. The third kappa shape index (κ3) is 5.05. The summed E-state index contributed by atoms with van der Waals surface area (Å²) in [6.45, 7) is 3.31. The molecule has 0 atom stereocenters. The number of alkyl halides is 3. The number of hydrogen-bond acceptors (Lipinski definition) is 5. The third-order valence-corrected chi connectivity index (χ3v) is 5.27. The third-order valence-electron chi connectivity index (χ3n) is 5.02. The minimum absolute atomic E-state index is 0.187. The monoisotopic (exact) mass is 450 g/mol. The Morgan fingerprint density at radius 3 is 2.42 bits per heavy atom. The molecule has 0 spiro atoms. The highest BCUT2D eigenvalue weighted by atomic mass is 35.5. The number of carbonyl (C=O) groups excluding carboxylic acids is 1. The molecule has 1 amide bonds. The summed E-state index contributed by atoms with van der Waals surface area (Å²) in [4.78, 5) is 20.3. The smallest absolute Gasteiger partial charge is 0.336 e. The van der Waals surface area contributed by atoms with Crippen molar-refractivity contribution in [2.45, 2.75) is 12.7 Å². The number of benzene rings is 2. The Morgan fingerprint density at radius 1 is 1.06 bits per heavy atom. The van der Waals surface area contributed by atoms with Crippen LogP contribution in [0, 0.1) is 0 Å². The second kappa shape index (κ2) is 8.68. The van der Waals surface area contributed by atoms with E-state index in [1.54, 1.807) is 17.0 Å². The van der Waals surface area contributed by atoms with E-state index in [1.165, 1.54) is 12.1 Å². The highest BCUT2D eigenvalue weighted by molar-refractivity contribution is 6.30. The Balaban J connectivity index is 1.39. The first-order valence-corrected chi connectivity index (χ1v) is 9.95. The Bertz CT molecular complexity index is 1060. The molecule has 6 nitrogen and oxygen atoms in total. The molecule has 162 valence electrons. The number of piperazine rings is 1. The number of amides is 1. The minimum Gasteiger partial charge on any atom is -0.336 e. The molecule has 4 rings (SSSR count). The van der Waals surface area contributed by atoms with Crippen molar-refractivity contribution in [2.75, 3.05) is 26.2 Å². The van der Waals surface area contributed by atoms with Gasteiger partial charge < -0.3 is 9.42 Å². The summed E-state index contributed by atoms with van der Waals surface area (Å²) in [5.41, 5.74) is 1.80. The van der Waals surface area contributed by atoms with Crippen LogP contribution in [-0.4, -0.2) is 52.0 Å². The number of halogens is 4. The van der Waals surface area contributed by atoms with Gasteiger partial charge in [0.05, 0.1) is 0 Å². The lowest BCUT2D eigenvalue weighted by Crippen LogP contribution is -2.48. The maximum Gasteiger partial charge on any atom is 0.471 e. The number of rotatable bonds is 4. The maximum absolute atomic E-state index is 12.9. The zero-order valence-electron chi connectivity index (χ0n) is 16.3. The maximum atomic E-state index is 12.9. The van der Waals surface area contributed by atoms with Crippen molar-refractivity contribution in [3.05, 3.63) is 70.6 Å². The number of carbonyl (C=O) groups is 1. The molecule has 3 aromatic rings. The van der Waals surface area contributed by atoms with Gasteiger partial charge in [-0.25, -0.2) is 0 Å². The van der Waals surface area contributed by atoms with Crippen LogP contribution in [0.5, 0.6) is 0 Å². The number of nitrogens with zero attached hydrogens (tertiary/aromatic N) is 4. The van der Waals surface area contributed by atoms with Crippen molar-refractivity contribution in [3.8, 4) is 11.4 Å². The minimum atomic E-state index is -4.72. The van der Waals surface area contributed by atoms with Gasteiger partial charge in [-0.15, -0.1) is 0 Å². The van der Waals surface area contributed by atoms with Gasteiger partial charge in [-0.3, -0.25) is 9.69 Å². The van der Waals surface area contributed by atoms with Gasteiger partial charge in [0.25, 0.3) is 5.91 Å². The molecule has 0 bridgehead atoms. The molecule has 0 radical (unpaired) electrons. The van der Waals surface area contributed by atoms with Crippen LogP contribution >= 0.6 is 11.6 Å². The lowest BCUT2D eigenvalue weighted by Gasteiger charge is -2.34. The summed E-state index contributed by atoms with van der Waals surface area (Å²) >= 11 is 5.92. The fraction of sp³-hybridized carbons (Fsp3) is 0.286. The van der Waals surface area contributed by atoms with Crippen molar-refractivity contribution < 1.29 is 22.5 Å².